The minimum atomic E-state index is -0.738. The molecule has 0 aliphatic heterocycles. The Morgan fingerprint density at radius 2 is 2.21 bits per heavy atom. The van der Waals surface area contributed by atoms with Crippen molar-refractivity contribution in [2.75, 3.05) is 0 Å². The summed E-state index contributed by atoms with van der Waals surface area (Å²) in [6.07, 6.45) is 3.90. The number of aromatic nitrogens is 2. The summed E-state index contributed by atoms with van der Waals surface area (Å²) < 4.78 is 0. The maximum atomic E-state index is 11.9. The Balaban J connectivity index is 2.02. The zero-order valence-corrected chi connectivity index (χ0v) is 10.2. The highest BCUT2D eigenvalue weighted by atomic mass is 16.1. The fourth-order valence-electron chi connectivity index (χ4n) is 2.62. The summed E-state index contributed by atoms with van der Waals surface area (Å²) in [7, 11) is 0. The molecule has 0 bridgehead atoms. The van der Waals surface area contributed by atoms with Gasteiger partial charge in [-0.05, 0) is 24.1 Å². The van der Waals surface area contributed by atoms with Gasteiger partial charge in [0.2, 0.25) is 11.5 Å². The van der Waals surface area contributed by atoms with Crippen LogP contribution in [0.2, 0.25) is 0 Å². The maximum Gasteiger partial charge on any atom is 0.247 e. The Morgan fingerprint density at radius 1 is 1.37 bits per heavy atom. The molecule has 1 aliphatic carbocycles. The number of carbonyl (C=O) groups is 1. The molecule has 2 unspecified atom stereocenters. The largest absolute Gasteiger partial charge is 0.369 e. The van der Waals surface area contributed by atoms with Crippen LogP contribution in [0, 0.1) is 0 Å². The van der Waals surface area contributed by atoms with Gasteiger partial charge in [-0.15, -0.1) is 0 Å². The van der Waals surface area contributed by atoms with E-state index in [-0.39, 0.29) is 17.4 Å². The van der Waals surface area contributed by atoms with Crippen LogP contribution in [0.5, 0.6) is 0 Å². The smallest absolute Gasteiger partial charge is 0.247 e. The van der Waals surface area contributed by atoms with Gasteiger partial charge in [-0.25, -0.2) is 0 Å². The number of hydrogen-bond acceptors (Lipinski definition) is 3. The summed E-state index contributed by atoms with van der Waals surface area (Å²) in [6.45, 7) is 0. The Morgan fingerprint density at radius 3 is 2.79 bits per heavy atom. The molecule has 19 heavy (non-hydrogen) atoms. The van der Waals surface area contributed by atoms with Gasteiger partial charge in [-0.1, -0.05) is 12.1 Å². The number of nitrogens with one attached hydrogen (secondary N) is 1. The lowest BCUT2D eigenvalue weighted by Gasteiger charge is -2.13. The number of primary amides is 1. The molecule has 2 aromatic heterocycles. The topological polar surface area (TPSA) is 88.8 Å². The number of nitrogens with two attached hydrogens (primary N) is 1. The second-order valence-corrected chi connectivity index (χ2v) is 4.79. The minimum absolute atomic E-state index is 0.0166. The standard InChI is InChI=1S/C14H13N3O2/c15-13(19)14(9-4-5-12(18)17-8-9)7-10(14)11-3-1-2-6-16-11/h1-6,8,10H,7H2,(H2,15,19)(H,17,18). The van der Waals surface area contributed by atoms with Crippen molar-refractivity contribution >= 4 is 5.91 Å². The molecule has 3 rings (SSSR count). The summed E-state index contributed by atoms with van der Waals surface area (Å²) in [5.41, 5.74) is 6.24. The van der Waals surface area contributed by atoms with Crippen molar-refractivity contribution < 1.29 is 4.79 Å². The molecule has 96 valence electrons. The SMILES string of the molecule is NC(=O)C1(c2ccc(=O)[nH]c2)CC1c1ccccn1. The molecule has 1 saturated carbocycles. The number of aromatic amines is 1. The van der Waals surface area contributed by atoms with Crippen LogP contribution < -0.4 is 11.3 Å². The first kappa shape index (κ1) is 11.6. The van der Waals surface area contributed by atoms with Crippen LogP contribution in [-0.2, 0) is 10.2 Å². The molecule has 0 aromatic carbocycles. The van der Waals surface area contributed by atoms with Crippen LogP contribution >= 0.6 is 0 Å². The monoisotopic (exact) mass is 255 g/mol. The van der Waals surface area contributed by atoms with E-state index < -0.39 is 5.41 Å². The van der Waals surface area contributed by atoms with Crippen LogP contribution in [0.15, 0.2) is 47.5 Å². The number of rotatable bonds is 3. The summed E-state index contributed by atoms with van der Waals surface area (Å²) >= 11 is 0. The van der Waals surface area contributed by atoms with Crippen LogP contribution in [0.4, 0.5) is 0 Å². The molecule has 0 radical (unpaired) electrons. The Bertz CT molecular complexity index is 660. The molecule has 2 heterocycles. The minimum Gasteiger partial charge on any atom is -0.369 e. The van der Waals surface area contributed by atoms with E-state index >= 15 is 0 Å². The first-order valence-electron chi connectivity index (χ1n) is 6.04. The molecule has 5 nitrogen and oxygen atoms in total. The lowest BCUT2D eigenvalue weighted by molar-refractivity contribution is -0.120. The van der Waals surface area contributed by atoms with Gasteiger partial charge in [-0.2, -0.15) is 0 Å². The van der Waals surface area contributed by atoms with Crippen LogP contribution in [-0.4, -0.2) is 15.9 Å². The average Bonchev–Trinajstić information content (AvgIpc) is 3.17. The third-order valence-corrected chi connectivity index (χ3v) is 3.74. The third kappa shape index (κ3) is 1.74. The molecule has 0 saturated heterocycles. The van der Waals surface area contributed by atoms with E-state index in [0.717, 1.165) is 11.3 Å². The molecule has 2 aromatic rings. The summed E-state index contributed by atoms with van der Waals surface area (Å²) in [6, 6.07) is 8.68. The predicted octanol–water partition coefficient (Wildman–Crippen LogP) is 0.680. The van der Waals surface area contributed by atoms with Crippen LogP contribution in [0.25, 0.3) is 0 Å². The van der Waals surface area contributed by atoms with E-state index in [0.29, 0.717) is 6.42 Å². The first-order chi connectivity index (χ1) is 9.14. The molecular formula is C14H13N3O2. The molecule has 5 heteroatoms. The summed E-state index contributed by atoms with van der Waals surface area (Å²) in [5, 5.41) is 0. The fraction of sp³-hybridized carbons (Fsp3) is 0.214. The number of carbonyl (C=O) groups excluding carboxylic acids is 1. The van der Waals surface area contributed by atoms with Gasteiger partial charge < -0.3 is 10.7 Å². The predicted molar refractivity (Wildman–Crippen MR) is 69.5 cm³/mol. The number of amides is 1. The molecule has 0 spiro atoms. The van der Waals surface area contributed by atoms with E-state index in [2.05, 4.69) is 9.97 Å². The van der Waals surface area contributed by atoms with Crippen molar-refractivity contribution in [3.05, 3.63) is 64.3 Å². The normalized spacial score (nSPS) is 24.9. The lowest BCUT2D eigenvalue weighted by Crippen LogP contribution is -2.31. The molecular weight excluding hydrogens is 242 g/mol. The van der Waals surface area contributed by atoms with Crippen molar-refractivity contribution in [3.8, 4) is 0 Å². The summed E-state index contributed by atoms with van der Waals surface area (Å²) in [5.74, 6) is -0.396. The van der Waals surface area contributed by atoms with E-state index in [1.165, 1.54) is 6.07 Å². The molecule has 1 aliphatic rings. The maximum absolute atomic E-state index is 11.9. The Hall–Kier alpha value is -2.43. The second kappa shape index (κ2) is 4.05. The van der Waals surface area contributed by atoms with Crippen molar-refractivity contribution in [1.82, 2.24) is 9.97 Å². The zero-order valence-electron chi connectivity index (χ0n) is 10.2. The second-order valence-electron chi connectivity index (χ2n) is 4.79. The lowest BCUT2D eigenvalue weighted by atomic mass is 9.93. The van der Waals surface area contributed by atoms with Crippen LogP contribution in [0.1, 0.15) is 23.6 Å². The van der Waals surface area contributed by atoms with E-state index in [9.17, 15) is 9.59 Å². The van der Waals surface area contributed by atoms with Gasteiger partial charge in [0.15, 0.2) is 0 Å². The fourth-order valence-corrected chi connectivity index (χ4v) is 2.62. The van der Waals surface area contributed by atoms with Gasteiger partial charge in [0.1, 0.15) is 0 Å². The highest BCUT2D eigenvalue weighted by Crippen LogP contribution is 2.59. The molecule has 1 fully saturated rings. The number of hydrogen-bond donors (Lipinski definition) is 2. The first-order valence-corrected chi connectivity index (χ1v) is 6.04. The van der Waals surface area contributed by atoms with E-state index in [4.69, 9.17) is 5.73 Å². The Labute approximate surface area is 109 Å². The van der Waals surface area contributed by atoms with Crippen molar-refractivity contribution in [2.24, 2.45) is 5.73 Å². The number of H-pyrrole nitrogens is 1. The zero-order chi connectivity index (χ0) is 13.5. The molecule has 2 atom stereocenters. The highest BCUT2D eigenvalue weighted by Gasteiger charge is 2.61. The quantitative estimate of drug-likeness (QED) is 0.845. The van der Waals surface area contributed by atoms with E-state index in [1.54, 1.807) is 18.5 Å². The van der Waals surface area contributed by atoms with Crippen molar-refractivity contribution in [1.29, 1.82) is 0 Å². The summed E-state index contributed by atoms with van der Waals surface area (Å²) in [4.78, 5) is 29.8. The molecule has 3 N–H and O–H groups in total. The van der Waals surface area contributed by atoms with Crippen molar-refractivity contribution in [2.45, 2.75) is 17.8 Å². The average molecular weight is 255 g/mol. The molecule has 1 amide bonds. The third-order valence-electron chi connectivity index (χ3n) is 3.74. The van der Waals surface area contributed by atoms with Gasteiger partial charge in [0.05, 0.1) is 5.41 Å². The Kier molecular flexibility index (Phi) is 2.48. The van der Waals surface area contributed by atoms with Gasteiger partial charge in [0, 0.05) is 30.1 Å². The van der Waals surface area contributed by atoms with E-state index in [1.807, 2.05) is 18.2 Å². The highest BCUT2D eigenvalue weighted by molar-refractivity contribution is 5.92. The number of pyridine rings is 2. The van der Waals surface area contributed by atoms with Gasteiger partial charge >= 0.3 is 0 Å². The number of nitrogens with zero attached hydrogens (tertiary/aromatic N) is 1. The van der Waals surface area contributed by atoms with Gasteiger partial charge in [-0.3, -0.25) is 14.6 Å². The van der Waals surface area contributed by atoms with Gasteiger partial charge in [0.25, 0.3) is 0 Å². The van der Waals surface area contributed by atoms with Crippen LogP contribution in [0.3, 0.4) is 0 Å². The van der Waals surface area contributed by atoms with Crippen molar-refractivity contribution in [3.63, 3.8) is 0 Å².